The Morgan fingerprint density at radius 3 is 2.44 bits per heavy atom. The third-order valence-corrected chi connectivity index (χ3v) is 4.91. The Morgan fingerprint density at radius 1 is 1.00 bits per heavy atom. The zero-order valence-electron chi connectivity index (χ0n) is 14.8. The maximum absolute atomic E-state index is 13.3. The van der Waals surface area contributed by atoms with Crippen LogP contribution in [0.4, 0.5) is 0 Å². The van der Waals surface area contributed by atoms with E-state index in [0.29, 0.717) is 6.42 Å². The number of phenols is 1. The van der Waals surface area contributed by atoms with E-state index in [2.05, 4.69) is 11.9 Å². The van der Waals surface area contributed by atoms with E-state index in [1.165, 1.54) is 0 Å². The highest BCUT2D eigenvalue weighted by Crippen LogP contribution is 2.25. The number of nitrogens with zero attached hydrogens (tertiary/aromatic N) is 2. The average Bonchev–Trinajstić information content (AvgIpc) is 2.86. The van der Waals surface area contributed by atoms with Gasteiger partial charge >= 0.3 is 0 Å². The third-order valence-electron chi connectivity index (χ3n) is 4.91. The van der Waals surface area contributed by atoms with Gasteiger partial charge in [-0.3, -0.25) is 4.79 Å². The Morgan fingerprint density at radius 2 is 1.72 bits per heavy atom. The van der Waals surface area contributed by atoms with Crippen LogP contribution < -0.4 is 0 Å². The summed E-state index contributed by atoms with van der Waals surface area (Å²) in [6.07, 6.45) is 1.67. The molecule has 0 bridgehead atoms. The molecule has 4 nitrogen and oxygen atoms in total. The van der Waals surface area contributed by atoms with Gasteiger partial charge in [-0.15, -0.1) is 0 Å². The number of phenolic OH excluding ortho intramolecular Hbond substituents is 1. The fraction of sp³-hybridized carbons (Fsp3) is 0.381. The normalized spacial score (nSPS) is 17.1. The first kappa shape index (κ1) is 17.5. The summed E-state index contributed by atoms with van der Waals surface area (Å²) in [7, 11) is 2.11. The Bertz CT molecular complexity index is 685. The molecule has 4 heteroatoms. The van der Waals surface area contributed by atoms with Gasteiger partial charge in [-0.05, 0) is 49.7 Å². The first-order valence-electron chi connectivity index (χ1n) is 8.93. The van der Waals surface area contributed by atoms with E-state index in [1.54, 1.807) is 12.1 Å². The predicted molar refractivity (Wildman–Crippen MR) is 99.7 cm³/mol. The molecule has 132 valence electrons. The molecule has 1 aliphatic rings. The van der Waals surface area contributed by atoms with Crippen LogP contribution in [-0.2, 0) is 11.2 Å². The summed E-state index contributed by atoms with van der Waals surface area (Å²) in [4.78, 5) is 17.6. The number of carbonyl (C=O) groups excluding carboxylic acids is 1. The minimum atomic E-state index is -0.186. The van der Waals surface area contributed by atoms with E-state index < -0.39 is 0 Å². The topological polar surface area (TPSA) is 43.8 Å². The molecule has 0 aliphatic carbocycles. The van der Waals surface area contributed by atoms with E-state index in [1.807, 2.05) is 47.4 Å². The van der Waals surface area contributed by atoms with E-state index in [0.717, 1.165) is 43.7 Å². The SMILES string of the molecule is CN1CCCN(C(=O)[C@H](Cc2ccc(O)cc2)c2ccccc2)CC1. The van der Waals surface area contributed by atoms with E-state index in [9.17, 15) is 9.90 Å². The summed E-state index contributed by atoms with van der Waals surface area (Å²) in [6, 6.07) is 17.2. The van der Waals surface area contributed by atoms with Crippen molar-refractivity contribution in [2.45, 2.75) is 18.8 Å². The van der Waals surface area contributed by atoms with Gasteiger partial charge in [0.1, 0.15) is 5.75 Å². The van der Waals surface area contributed by atoms with Crippen LogP contribution in [0.2, 0.25) is 0 Å². The van der Waals surface area contributed by atoms with Gasteiger partial charge in [0.2, 0.25) is 5.91 Å². The number of likely N-dealkylation sites (N-methyl/N-ethyl adjacent to an activating group) is 1. The highest BCUT2D eigenvalue weighted by Gasteiger charge is 2.27. The number of rotatable bonds is 4. The summed E-state index contributed by atoms with van der Waals surface area (Å²) >= 11 is 0. The molecule has 0 radical (unpaired) electrons. The fourth-order valence-electron chi connectivity index (χ4n) is 3.39. The molecule has 1 saturated heterocycles. The van der Waals surface area contributed by atoms with Gasteiger partial charge in [0.05, 0.1) is 5.92 Å². The second kappa shape index (κ2) is 8.17. The van der Waals surface area contributed by atoms with Crippen molar-refractivity contribution in [3.63, 3.8) is 0 Å². The van der Waals surface area contributed by atoms with Gasteiger partial charge in [-0.1, -0.05) is 42.5 Å². The van der Waals surface area contributed by atoms with Crippen LogP contribution in [0.25, 0.3) is 0 Å². The zero-order chi connectivity index (χ0) is 17.6. The lowest BCUT2D eigenvalue weighted by molar-refractivity contribution is -0.132. The average molecular weight is 338 g/mol. The van der Waals surface area contributed by atoms with E-state index in [4.69, 9.17) is 0 Å². The van der Waals surface area contributed by atoms with Gasteiger partial charge in [-0.25, -0.2) is 0 Å². The maximum atomic E-state index is 13.3. The molecule has 0 aromatic heterocycles. The number of hydrogen-bond donors (Lipinski definition) is 1. The third kappa shape index (κ3) is 4.60. The minimum absolute atomic E-state index is 0.186. The first-order valence-corrected chi connectivity index (χ1v) is 8.93. The van der Waals surface area contributed by atoms with E-state index >= 15 is 0 Å². The van der Waals surface area contributed by atoms with Crippen molar-refractivity contribution >= 4 is 5.91 Å². The molecule has 0 spiro atoms. The van der Waals surface area contributed by atoms with Crippen LogP contribution in [0.3, 0.4) is 0 Å². The molecule has 3 rings (SSSR count). The lowest BCUT2D eigenvalue weighted by Crippen LogP contribution is -2.38. The van der Waals surface area contributed by atoms with Gasteiger partial charge in [0.15, 0.2) is 0 Å². The Balaban J connectivity index is 1.82. The van der Waals surface area contributed by atoms with Crippen LogP contribution in [-0.4, -0.2) is 54.0 Å². The van der Waals surface area contributed by atoms with Crippen LogP contribution in [0.5, 0.6) is 5.75 Å². The second-order valence-electron chi connectivity index (χ2n) is 6.82. The zero-order valence-corrected chi connectivity index (χ0v) is 14.8. The highest BCUT2D eigenvalue weighted by molar-refractivity contribution is 5.84. The number of benzene rings is 2. The van der Waals surface area contributed by atoms with Crippen molar-refractivity contribution in [2.75, 3.05) is 33.2 Å². The smallest absolute Gasteiger partial charge is 0.230 e. The molecule has 25 heavy (non-hydrogen) atoms. The number of aromatic hydroxyl groups is 1. The molecule has 1 heterocycles. The Kier molecular flexibility index (Phi) is 5.71. The molecule has 0 saturated carbocycles. The molecule has 1 aliphatic heterocycles. The van der Waals surface area contributed by atoms with Crippen LogP contribution in [0.15, 0.2) is 54.6 Å². The molecule has 2 aromatic rings. The monoisotopic (exact) mass is 338 g/mol. The van der Waals surface area contributed by atoms with Gasteiger partial charge < -0.3 is 14.9 Å². The summed E-state index contributed by atoms with van der Waals surface area (Å²) in [6.45, 7) is 3.57. The van der Waals surface area contributed by atoms with Crippen LogP contribution in [0, 0.1) is 0 Å². The molecule has 2 aromatic carbocycles. The van der Waals surface area contributed by atoms with Crippen molar-refractivity contribution in [1.82, 2.24) is 9.80 Å². The van der Waals surface area contributed by atoms with Crippen LogP contribution >= 0.6 is 0 Å². The van der Waals surface area contributed by atoms with E-state index in [-0.39, 0.29) is 17.6 Å². The summed E-state index contributed by atoms with van der Waals surface area (Å²) < 4.78 is 0. The second-order valence-corrected chi connectivity index (χ2v) is 6.82. The molecule has 1 N–H and O–H groups in total. The summed E-state index contributed by atoms with van der Waals surface area (Å²) in [5.41, 5.74) is 2.12. The Labute approximate surface area is 149 Å². The Hall–Kier alpha value is -2.33. The largest absolute Gasteiger partial charge is 0.508 e. The highest BCUT2D eigenvalue weighted by atomic mass is 16.3. The lowest BCUT2D eigenvalue weighted by Gasteiger charge is -2.26. The summed E-state index contributed by atoms with van der Waals surface area (Å²) in [5, 5.41) is 9.50. The maximum Gasteiger partial charge on any atom is 0.230 e. The molecule has 1 fully saturated rings. The molecular weight excluding hydrogens is 312 g/mol. The van der Waals surface area contributed by atoms with Crippen molar-refractivity contribution in [2.24, 2.45) is 0 Å². The van der Waals surface area contributed by atoms with Crippen molar-refractivity contribution in [3.8, 4) is 5.75 Å². The number of carbonyl (C=O) groups is 1. The first-order chi connectivity index (χ1) is 12.1. The van der Waals surface area contributed by atoms with Gasteiger partial charge in [-0.2, -0.15) is 0 Å². The quantitative estimate of drug-likeness (QED) is 0.932. The van der Waals surface area contributed by atoms with Gasteiger partial charge in [0.25, 0.3) is 0 Å². The molecule has 1 atom stereocenters. The standard InChI is InChI=1S/C21H26N2O2/c1-22-12-5-13-23(15-14-22)21(25)20(18-6-3-2-4-7-18)16-17-8-10-19(24)11-9-17/h2-4,6-11,20,24H,5,12-16H2,1H3/t20-/m1/s1. The minimum Gasteiger partial charge on any atom is -0.508 e. The molecule has 0 unspecified atom stereocenters. The lowest BCUT2D eigenvalue weighted by atomic mass is 9.90. The van der Waals surface area contributed by atoms with Crippen molar-refractivity contribution in [1.29, 1.82) is 0 Å². The van der Waals surface area contributed by atoms with Crippen molar-refractivity contribution < 1.29 is 9.90 Å². The predicted octanol–water partition coefficient (Wildman–Crippen LogP) is 2.88. The van der Waals surface area contributed by atoms with Crippen molar-refractivity contribution in [3.05, 3.63) is 65.7 Å². The molecule has 1 amide bonds. The fourth-order valence-corrected chi connectivity index (χ4v) is 3.39. The number of amides is 1. The van der Waals surface area contributed by atoms with Crippen LogP contribution in [0.1, 0.15) is 23.5 Å². The molecular formula is C21H26N2O2. The van der Waals surface area contributed by atoms with Gasteiger partial charge in [0, 0.05) is 19.6 Å². The number of hydrogen-bond acceptors (Lipinski definition) is 3. The summed E-state index contributed by atoms with van der Waals surface area (Å²) in [5.74, 6) is 0.269.